The van der Waals surface area contributed by atoms with Crippen molar-refractivity contribution < 1.29 is 18.7 Å². The number of carboxylic acids is 1. The monoisotopic (exact) mass is 198 g/mol. The fourth-order valence-corrected chi connectivity index (χ4v) is 0.880. The van der Waals surface area contributed by atoms with Crippen molar-refractivity contribution in [2.45, 2.75) is 6.43 Å². The molecule has 0 radical (unpaired) electrons. The van der Waals surface area contributed by atoms with Crippen LogP contribution >= 0.6 is 0 Å². The lowest BCUT2D eigenvalue weighted by Crippen LogP contribution is -2.07. The Hall–Kier alpha value is -2.03. The van der Waals surface area contributed by atoms with Gasteiger partial charge in [0.2, 0.25) is 0 Å². The molecule has 1 rings (SSSR count). The van der Waals surface area contributed by atoms with Gasteiger partial charge in [-0.05, 0) is 12.1 Å². The Morgan fingerprint density at radius 1 is 1.57 bits per heavy atom. The van der Waals surface area contributed by atoms with Gasteiger partial charge in [-0.1, -0.05) is 0 Å². The summed E-state index contributed by atoms with van der Waals surface area (Å²) < 4.78 is 24.5. The molecule has 0 aliphatic rings. The molecule has 6 heteroatoms. The Morgan fingerprint density at radius 2 is 2.21 bits per heavy atom. The zero-order valence-corrected chi connectivity index (χ0v) is 6.74. The number of rotatable bonds is 2. The molecular formula is C8H4F2N2O2. The van der Waals surface area contributed by atoms with Crippen LogP contribution in [0.2, 0.25) is 0 Å². The van der Waals surface area contributed by atoms with E-state index >= 15 is 0 Å². The van der Waals surface area contributed by atoms with Gasteiger partial charge in [-0.25, -0.2) is 18.6 Å². The topological polar surface area (TPSA) is 74.0 Å². The van der Waals surface area contributed by atoms with E-state index in [1.807, 2.05) is 0 Å². The van der Waals surface area contributed by atoms with Crippen LogP contribution in [0.5, 0.6) is 0 Å². The number of nitrogens with zero attached hydrogens (tertiary/aromatic N) is 2. The molecule has 0 aliphatic carbocycles. The first-order valence-electron chi connectivity index (χ1n) is 3.48. The van der Waals surface area contributed by atoms with Crippen LogP contribution in [-0.2, 0) is 0 Å². The van der Waals surface area contributed by atoms with Crippen molar-refractivity contribution in [3.05, 3.63) is 29.1 Å². The van der Waals surface area contributed by atoms with Gasteiger partial charge in [-0.15, -0.1) is 0 Å². The molecular weight excluding hydrogens is 194 g/mol. The summed E-state index contributed by atoms with van der Waals surface area (Å²) in [4.78, 5) is 13.8. The smallest absolute Gasteiger partial charge is 0.355 e. The average molecular weight is 198 g/mol. The fraction of sp³-hybridized carbons (Fsp3) is 0.125. The highest BCUT2D eigenvalue weighted by molar-refractivity contribution is 5.87. The van der Waals surface area contributed by atoms with Gasteiger partial charge in [0, 0.05) is 0 Å². The Labute approximate surface area is 77.4 Å². The van der Waals surface area contributed by atoms with Gasteiger partial charge in [0.15, 0.2) is 5.69 Å². The number of hydrogen-bond acceptors (Lipinski definition) is 3. The summed E-state index contributed by atoms with van der Waals surface area (Å²) in [6.07, 6.45) is -2.92. The first kappa shape index (κ1) is 10.1. The number of nitriles is 1. The lowest BCUT2D eigenvalue weighted by Gasteiger charge is -2.03. The zero-order valence-electron chi connectivity index (χ0n) is 6.74. The number of pyridine rings is 1. The van der Waals surface area contributed by atoms with E-state index < -0.39 is 23.7 Å². The molecule has 0 amide bonds. The number of aromatic carboxylic acids is 1. The first-order chi connectivity index (χ1) is 6.56. The lowest BCUT2D eigenvalue weighted by atomic mass is 10.2. The van der Waals surface area contributed by atoms with Crippen molar-refractivity contribution >= 4 is 5.97 Å². The van der Waals surface area contributed by atoms with Gasteiger partial charge in [0.1, 0.15) is 11.8 Å². The number of hydrogen-bond donors (Lipinski definition) is 1. The second kappa shape index (κ2) is 3.79. The van der Waals surface area contributed by atoms with Gasteiger partial charge in [0.25, 0.3) is 6.43 Å². The molecule has 0 aromatic carbocycles. The van der Waals surface area contributed by atoms with Crippen molar-refractivity contribution in [2.75, 3.05) is 0 Å². The minimum atomic E-state index is -2.92. The maximum absolute atomic E-state index is 12.2. The molecule has 1 N–H and O–H groups in total. The largest absolute Gasteiger partial charge is 0.476 e. The van der Waals surface area contributed by atoms with Crippen LogP contribution in [0.3, 0.4) is 0 Å². The molecule has 0 fully saturated rings. The predicted octanol–water partition coefficient (Wildman–Crippen LogP) is 1.59. The van der Waals surface area contributed by atoms with Crippen LogP contribution in [-0.4, -0.2) is 16.1 Å². The molecule has 1 aromatic heterocycles. The third-order valence-electron chi connectivity index (χ3n) is 1.48. The van der Waals surface area contributed by atoms with E-state index in [4.69, 9.17) is 10.4 Å². The molecule has 0 spiro atoms. The molecule has 72 valence electrons. The molecule has 0 unspecified atom stereocenters. The number of carbonyl (C=O) groups is 1. The van der Waals surface area contributed by atoms with E-state index in [2.05, 4.69) is 4.98 Å². The van der Waals surface area contributed by atoms with Crippen molar-refractivity contribution in [3.8, 4) is 6.07 Å². The minimum absolute atomic E-state index is 0.202. The second-order valence-electron chi connectivity index (χ2n) is 2.35. The Balaban J connectivity index is 3.33. The van der Waals surface area contributed by atoms with E-state index in [9.17, 15) is 13.6 Å². The van der Waals surface area contributed by atoms with Crippen molar-refractivity contribution in [2.24, 2.45) is 0 Å². The third kappa shape index (κ3) is 1.82. The summed E-state index contributed by atoms with van der Waals surface area (Å²) in [6.45, 7) is 0. The SMILES string of the molecule is N#Cc1ccc(C(F)F)c(C(=O)O)n1. The summed E-state index contributed by atoms with van der Waals surface area (Å²) in [7, 11) is 0. The van der Waals surface area contributed by atoms with E-state index in [0.717, 1.165) is 12.1 Å². The lowest BCUT2D eigenvalue weighted by molar-refractivity contribution is 0.0677. The molecule has 0 saturated carbocycles. The van der Waals surface area contributed by atoms with E-state index in [1.54, 1.807) is 6.07 Å². The Bertz CT molecular complexity index is 412. The predicted molar refractivity (Wildman–Crippen MR) is 40.9 cm³/mol. The summed E-state index contributed by atoms with van der Waals surface area (Å²) in [5.74, 6) is -1.57. The Kier molecular flexibility index (Phi) is 2.72. The van der Waals surface area contributed by atoms with Crippen LogP contribution in [0.25, 0.3) is 0 Å². The highest BCUT2D eigenvalue weighted by Crippen LogP contribution is 2.21. The van der Waals surface area contributed by atoms with Gasteiger partial charge in [-0.2, -0.15) is 5.26 Å². The molecule has 0 bridgehead atoms. The molecule has 0 saturated heterocycles. The molecule has 0 atom stereocenters. The maximum atomic E-state index is 12.2. The average Bonchev–Trinajstić information content (AvgIpc) is 2.16. The van der Waals surface area contributed by atoms with Crippen LogP contribution in [0, 0.1) is 11.3 Å². The summed E-state index contributed by atoms with van der Waals surface area (Å²) >= 11 is 0. The fourth-order valence-electron chi connectivity index (χ4n) is 0.880. The van der Waals surface area contributed by atoms with Gasteiger partial charge in [-0.3, -0.25) is 0 Å². The highest BCUT2D eigenvalue weighted by atomic mass is 19.3. The van der Waals surface area contributed by atoms with Gasteiger partial charge >= 0.3 is 5.97 Å². The summed E-state index contributed by atoms with van der Waals surface area (Å²) in [5.41, 5.74) is -1.66. The minimum Gasteiger partial charge on any atom is -0.476 e. The van der Waals surface area contributed by atoms with Gasteiger partial charge in [0.05, 0.1) is 5.56 Å². The van der Waals surface area contributed by atoms with Gasteiger partial charge < -0.3 is 5.11 Å². The third-order valence-corrected chi connectivity index (χ3v) is 1.48. The van der Waals surface area contributed by atoms with Crippen LogP contribution < -0.4 is 0 Å². The maximum Gasteiger partial charge on any atom is 0.355 e. The number of halogens is 2. The first-order valence-corrected chi connectivity index (χ1v) is 3.48. The Morgan fingerprint density at radius 3 is 2.64 bits per heavy atom. The van der Waals surface area contributed by atoms with E-state index in [0.29, 0.717) is 0 Å². The second-order valence-corrected chi connectivity index (χ2v) is 2.35. The molecule has 4 nitrogen and oxygen atoms in total. The molecule has 1 aromatic rings. The summed E-state index contributed by atoms with van der Waals surface area (Å²) in [6, 6.07) is 3.51. The molecule has 14 heavy (non-hydrogen) atoms. The van der Waals surface area contributed by atoms with Crippen LogP contribution in [0.15, 0.2) is 12.1 Å². The zero-order chi connectivity index (χ0) is 10.7. The summed E-state index contributed by atoms with van der Waals surface area (Å²) in [5, 5.41) is 16.9. The number of carboxylic acid groups (broad SMARTS) is 1. The molecule has 0 aliphatic heterocycles. The van der Waals surface area contributed by atoms with Crippen LogP contribution in [0.1, 0.15) is 28.2 Å². The highest BCUT2D eigenvalue weighted by Gasteiger charge is 2.19. The van der Waals surface area contributed by atoms with E-state index in [-0.39, 0.29) is 5.69 Å². The van der Waals surface area contributed by atoms with Crippen LogP contribution in [0.4, 0.5) is 8.78 Å². The standard InChI is InChI=1S/C8H4F2N2O2/c9-7(10)5-2-1-4(3-11)12-6(5)8(13)14/h1-2,7H,(H,13,14). The molecule has 1 heterocycles. The van der Waals surface area contributed by atoms with Crippen molar-refractivity contribution in [3.63, 3.8) is 0 Å². The van der Waals surface area contributed by atoms with E-state index in [1.165, 1.54) is 0 Å². The number of aromatic nitrogens is 1. The normalized spacial score (nSPS) is 9.86. The van der Waals surface area contributed by atoms with Crippen molar-refractivity contribution in [1.29, 1.82) is 5.26 Å². The van der Waals surface area contributed by atoms with Crippen molar-refractivity contribution in [1.82, 2.24) is 4.98 Å². The number of alkyl halides is 2. The quantitative estimate of drug-likeness (QED) is 0.782.